The highest BCUT2D eigenvalue weighted by molar-refractivity contribution is 8.07. The minimum atomic E-state index is 0.199. The smallest absolute Gasteiger partial charge is 0.216 e. The normalized spacial score (nSPS) is 20.5. The molecule has 3 aliphatic rings. The van der Waals surface area contributed by atoms with Gasteiger partial charge in [-0.3, -0.25) is 5.01 Å². The van der Waals surface area contributed by atoms with Crippen molar-refractivity contribution in [2.75, 3.05) is 5.01 Å². The van der Waals surface area contributed by atoms with Gasteiger partial charge in [0.05, 0.1) is 0 Å². The summed E-state index contributed by atoms with van der Waals surface area (Å²) in [4.78, 5) is 0. The van der Waals surface area contributed by atoms with Crippen LogP contribution in [0.3, 0.4) is 0 Å². The van der Waals surface area contributed by atoms with E-state index in [1.165, 1.54) is 48.3 Å². The van der Waals surface area contributed by atoms with Crippen LogP contribution in [0.25, 0.3) is 0 Å². The second-order valence-corrected chi connectivity index (χ2v) is 10.2. The van der Waals surface area contributed by atoms with Crippen molar-refractivity contribution in [2.24, 2.45) is 0 Å². The Hall–Kier alpha value is -2.38. The molecule has 1 unspecified atom stereocenters. The van der Waals surface area contributed by atoms with Gasteiger partial charge in [-0.1, -0.05) is 73.5 Å². The minimum absolute atomic E-state index is 0.199. The Kier molecular flexibility index (Phi) is 5.16. The van der Waals surface area contributed by atoms with Crippen LogP contribution in [-0.4, -0.2) is 14.9 Å². The molecule has 1 atom stereocenters. The summed E-state index contributed by atoms with van der Waals surface area (Å²) in [5, 5.41) is 16.2. The van der Waals surface area contributed by atoms with Gasteiger partial charge in [0.1, 0.15) is 22.8 Å². The molecule has 31 heavy (non-hydrogen) atoms. The first-order chi connectivity index (χ1) is 15.4. The number of hydrogen-bond acceptors (Lipinski definition) is 6. The summed E-state index contributed by atoms with van der Waals surface area (Å²) in [6.45, 7) is 0.585. The first-order valence-electron chi connectivity index (χ1n) is 10.9. The van der Waals surface area contributed by atoms with E-state index < -0.39 is 0 Å². The standard InChI is InChI=1S/C24H24N4OS2/c1-3-7-17(8-4-1)15-29-20-13-11-19(12-14-20)23-27-21(16-30-23)31-24-26-25-22(28(24)27)18-9-5-2-6-10-18/h1,3-4,7-8,11-14,16,18,23H,2,5-6,9-10,15H2. The van der Waals surface area contributed by atoms with Gasteiger partial charge in [0, 0.05) is 11.3 Å². The van der Waals surface area contributed by atoms with E-state index in [2.05, 4.69) is 61.7 Å². The Balaban J connectivity index is 1.21. The van der Waals surface area contributed by atoms with E-state index in [-0.39, 0.29) is 5.37 Å². The molecule has 3 heterocycles. The molecule has 2 aliphatic heterocycles. The predicted octanol–water partition coefficient (Wildman–Crippen LogP) is 6.19. The fourth-order valence-corrected chi connectivity index (χ4v) is 6.80. The maximum absolute atomic E-state index is 5.98. The Labute approximate surface area is 190 Å². The van der Waals surface area contributed by atoms with Crippen molar-refractivity contribution in [3.8, 4) is 5.75 Å². The van der Waals surface area contributed by atoms with Crippen LogP contribution in [0.2, 0.25) is 0 Å². The van der Waals surface area contributed by atoms with Crippen LogP contribution < -0.4 is 9.75 Å². The molecule has 3 aromatic rings. The zero-order valence-electron chi connectivity index (χ0n) is 17.2. The van der Waals surface area contributed by atoms with E-state index in [9.17, 15) is 0 Å². The zero-order chi connectivity index (χ0) is 20.6. The second kappa shape index (κ2) is 8.28. The van der Waals surface area contributed by atoms with Crippen LogP contribution in [0.5, 0.6) is 5.75 Å². The van der Waals surface area contributed by atoms with Gasteiger partial charge < -0.3 is 4.74 Å². The fourth-order valence-electron chi connectivity index (χ4n) is 4.57. The molecular weight excluding hydrogens is 424 g/mol. The van der Waals surface area contributed by atoms with Gasteiger partial charge in [-0.25, -0.2) is 4.68 Å². The van der Waals surface area contributed by atoms with E-state index in [0.717, 1.165) is 16.7 Å². The Morgan fingerprint density at radius 3 is 2.55 bits per heavy atom. The van der Waals surface area contributed by atoms with Gasteiger partial charge in [0.25, 0.3) is 0 Å². The maximum Gasteiger partial charge on any atom is 0.216 e. The topological polar surface area (TPSA) is 43.2 Å². The van der Waals surface area contributed by atoms with Gasteiger partial charge in [-0.05, 0) is 47.9 Å². The monoisotopic (exact) mass is 448 g/mol. The van der Waals surface area contributed by atoms with E-state index in [0.29, 0.717) is 12.5 Å². The molecule has 1 aromatic heterocycles. The molecule has 1 aliphatic carbocycles. The molecule has 2 aromatic carbocycles. The number of rotatable bonds is 5. The number of nitrogens with zero attached hydrogens (tertiary/aromatic N) is 4. The number of fused-ring (bicyclic) bond motifs is 3. The first-order valence-corrected chi connectivity index (χ1v) is 12.7. The lowest BCUT2D eigenvalue weighted by Crippen LogP contribution is -2.31. The molecule has 0 N–H and O–H groups in total. The molecular formula is C24H24N4OS2. The number of ether oxygens (including phenoxy) is 1. The summed E-state index contributed by atoms with van der Waals surface area (Å²) >= 11 is 3.58. The Morgan fingerprint density at radius 2 is 1.74 bits per heavy atom. The van der Waals surface area contributed by atoms with Gasteiger partial charge in [0.15, 0.2) is 5.82 Å². The highest BCUT2D eigenvalue weighted by Crippen LogP contribution is 2.52. The molecule has 5 nitrogen and oxygen atoms in total. The van der Waals surface area contributed by atoms with Crippen LogP contribution in [0.4, 0.5) is 0 Å². The quantitative estimate of drug-likeness (QED) is 0.463. The zero-order valence-corrected chi connectivity index (χ0v) is 18.8. The van der Waals surface area contributed by atoms with Crippen LogP contribution >= 0.6 is 23.5 Å². The number of benzene rings is 2. The molecule has 1 fully saturated rings. The van der Waals surface area contributed by atoms with Gasteiger partial charge in [-0.2, -0.15) is 0 Å². The van der Waals surface area contributed by atoms with Crippen molar-refractivity contribution in [1.29, 1.82) is 0 Å². The molecule has 0 spiro atoms. The third-order valence-electron chi connectivity index (χ3n) is 6.18. The summed E-state index contributed by atoms with van der Waals surface area (Å²) < 4.78 is 8.26. The van der Waals surface area contributed by atoms with Crippen molar-refractivity contribution < 1.29 is 4.74 Å². The van der Waals surface area contributed by atoms with E-state index in [1.54, 1.807) is 11.8 Å². The maximum atomic E-state index is 5.98. The van der Waals surface area contributed by atoms with Crippen molar-refractivity contribution >= 4 is 23.5 Å². The summed E-state index contributed by atoms with van der Waals surface area (Å²) in [6.07, 6.45) is 6.39. The van der Waals surface area contributed by atoms with Gasteiger partial charge >= 0.3 is 0 Å². The molecule has 158 valence electrons. The van der Waals surface area contributed by atoms with E-state index in [1.807, 2.05) is 30.0 Å². The van der Waals surface area contributed by atoms with Crippen molar-refractivity contribution in [3.63, 3.8) is 0 Å². The highest BCUT2D eigenvalue weighted by Gasteiger charge is 2.41. The van der Waals surface area contributed by atoms with Crippen molar-refractivity contribution in [2.45, 2.75) is 55.2 Å². The van der Waals surface area contributed by atoms with E-state index >= 15 is 0 Å². The Bertz CT molecular complexity index is 1090. The first kappa shape index (κ1) is 19.3. The van der Waals surface area contributed by atoms with Crippen LogP contribution in [-0.2, 0) is 6.61 Å². The van der Waals surface area contributed by atoms with Crippen LogP contribution in [0, 0.1) is 0 Å². The van der Waals surface area contributed by atoms with Gasteiger partial charge in [-0.15, -0.1) is 10.2 Å². The minimum Gasteiger partial charge on any atom is -0.489 e. The van der Waals surface area contributed by atoms with Crippen molar-refractivity contribution in [3.05, 3.63) is 82.0 Å². The number of thioether (sulfide) groups is 2. The van der Waals surface area contributed by atoms with E-state index in [4.69, 9.17) is 4.74 Å². The third kappa shape index (κ3) is 3.64. The van der Waals surface area contributed by atoms with Crippen LogP contribution in [0.1, 0.15) is 60.3 Å². The molecule has 0 amide bonds. The summed E-state index contributed by atoms with van der Waals surface area (Å²) in [5.41, 5.74) is 2.44. The SMILES string of the molecule is C1=C2Sc3nnc(C4CCCCC4)n3N2C(c2ccc(OCc3ccccc3)cc2)S1. The van der Waals surface area contributed by atoms with Crippen LogP contribution in [0.15, 0.2) is 70.2 Å². The summed E-state index contributed by atoms with van der Waals surface area (Å²) in [7, 11) is 0. The summed E-state index contributed by atoms with van der Waals surface area (Å²) in [5.74, 6) is 2.56. The molecule has 6 rings (SSSR count). The lowest BCUT2D eigenvalue weighted by Gasteiger charge is -2.29. The highest BCUT2D eigenvalue weighted by atomic mass is 32.2. The largest absolute Gasteiger partial charge is 0.489 e. The lowest BCUT2D eigenvalue weighted by molar-refractivity contribution is 0.306. The number of aromatic nitrogens is 3. The average molecular weight is 449 g/mol. The molecule has 7 heteroatoms. The third-order valence-corrected chi connectivity index (χ3v) is 8.37. The van der Waals surface area contributed by atoms with Gasteiger partial charge in [0.2, 0.25) is 5.16 Å². The van der Waals surface area contributed by atoms with Crippen molar-refractivity contribution in [1.82, 2.24) is 14.9 Å². The number of hydrogen-bond donors (Lipinski definition) is 0. The lowest BCUT2D eigenvalue weighted by atomic mass is 9.89. The second-order valence-electron chi connectivity index (χ2n) is 8.22. The molecule has 0 saturated heterocycles. The fraction of sp³-hybridized carbons (Fsp3) is 0.333. The Morgan fingerprint density at radius 1 is 0.935 bits per heavy atom. The molecule has 1 saturated carbocycles. The molecule has 0 bridgehead atoms. The summed E-state index contributed by atoms with van der Waals surface area (Å²) in [6, 6.07) is 18.8. The molecule has 0 radical (unpaired) electrons. The average Bonchev–Trinajstić information content (AvgIpc) is 3.51. The predicted molar refractivity (Wildman–Crippen MR) is 126 cm³/mol.